The van der Waals surface area contributed by atoms with Gasteiger partial charge in [-0.25, -0.2) is 4.68 Å². The standard InChI is InChI=1S/C17H28N6O/c1-4-6-21(3)17(24)16-12-22-7-5-13(16)8-15(22)11-23-10-14(9-18-2)19-20-23/h4,10,13,15-16,18H,1,5-9,11-12H2,2-3H3/p+2/t13-,15+,16-/m0/s1. The van der Waals surface area contributed by atoms with Gasteiger partial charge in [-0.1, -0.05) is 11.3 Å². The van der Waals surface area contributed by atoms with Gasteiger partial charge >= 0.3 is 0 Å². The number of hydrogen-bond acceptors (Lipinski definition) is 3. The Morgan fingerprint density at radius 1 is 1.62 bits per heavy atom. The number of carbonyl (C=O) groups is 1. The van der Waals surface area contributed by atoms with Gasteiger partial charge in [-0.05, 0) is 5.92 Å². The van der Waals surface area contributed by atoms with Gasteiger partial charge in [0.25, 0.3) is 0 Å². The van der Waals surface area contributed by atoms with Crippen LogP contribution in [0.5, 0.6) is 0 Å². The number of amides is 1. The molecule has 0 aromatic carbocycles. The van der Waals surface area contributed by atoms with Gasteiger partial charge in [0.15, 0.2) is 0 Å². The minimum absolute atomic E-state index is 0.177. The molecular weight excluding hydrogens is 304 g/mol. The fraction of sp³-hybridized carbons (Fsp3) is 0.706. The Morgan fingerprint density at radius 2 is 2.46 bits per heavy atom. The number of rotatable bonds is 7. The van der Waals surface area contributed by atoms with Crippen LogP contribution in [0.4, 0.5) is 0 Å². The Balaban J connectivity index is 1.60. The fourth-order valence-corrected chi connectivity index (χ4v) is 4.32. The van der Waals surface area contributed by atoms with Gasteiger partial charge in [0, 0.05) is 26.4 Å². The van der Waals surface area contributed by atoms with Gasteiger partial charge in [-0.2, -0.15) is 0 Å². The van der Waals surface area contributed by atoms with E-state index in [0.717, 1.165) is 38.2 Å². The number of piperidine rings is 3. The molecule has 2 bridgehead atoms. The molecule has 3 aliphatic rings. The third-order valence-electron chi connectivity index (χ3n) is 5.56. The second kappa shape index (κ2) is 7.44. The van der Waals surface area contributed by atoms with E-state index in [4.69, 9.17) is 0 Å². The number of nitrogens with zero attached hydrogens (tertiary/aromatic N) is 4. The van der Waals surface area contributed by atoms with Crippen LogP contribution in [0.3, 0.4) is 0 Å². The van der Waals surface area contributed by atoms with Crippen molar-refractivity contribution in [3.8, 4) is 0 Å². The molecule has 1 amide bonds. The zero-order valence-electron chi connectivity index (χ0n) is 14.8. The second-order valence-corrected chi connectivity index (χ2v) is 7.25. The summed E-state index contributed by atoms with van der Waals surface area (Å²) in [5.41, 5.74) is 1.03. The number of carbonyl (C=O) groups excluding carboxylic acids is 1. The maximum atomic E-state index is 12.7. The maximum Gasteiger partial charge on any atom is 0.231 e. The van der Waals surface area contributed by atoms with Crippen molar-refractivity contribution < 1.29 is 15.0 Å². The number of nitrogens with one attached hydrogen (secondary N) is 1. The van der Waals surface area contributed by atoms with E-state index in [1.54, 1.807) is 11.0 Å². The highest BCUT2D eigenvalue weighted by Gasteiger charge is 2.47. The maximum absolute atomic E-state index is 12.7. The van der Waals surface area contributed by atoms with Gasteiger partial charge in [0.05, 0.1) is 38.8 Å². The Labute approximate surface area is 143 Å². The van der Waals surface area contributed by atoms with E-state index in [-0.39, 0.29) is 11.8 Å². The lowest BCUT2D eigenvalue weighted by atomic mass is 9.75. The van der Waals surface area contributed by atoms with E-state index in [1.165, 1.54) is 6.54 Å². The lowest BCUT2D eigenvalue weighted by Crippen LogP contribution is -3.20. The molecule has 24 heavy (non-hydrogen) atoms. The van der Waals surface area contributed by atoms with Crippen molar-refractivity contribution in [3.05, 3.63) is 24.5 Å². The molecule has 1 aromatic rings. The molecule has 0 radical (unpaired) electrons. The van der Waals surface area contributed by atoms with Crippen molar-refractivity contribution in [3.63, 3.8) is 0 Å². The number of nitrogens with two attached hydrogens (primary N) is 1. The lowest BCUT2D eigenvalue weighted by Gasteiger charge is -2.46. The number of quaternary nitrogens is 2. The molecule has 0 saturated carbocycles. The summed E-state index contributed by atoms with van der Waals surface area (Å²) in [6.07, 6.45) is 6.13. The first-order valence-corrected chi connectivity index (χ1v) is 8.99. The SMILES string of the molecule is C=CCN(C)C(=O)[C@H]1C[NH+]2CC[C@H]1C[C@@H]2Cn1cc(C[NH2+]C)nn1. The van der Waals surface area contributed by atoms with Crippen LogP contribution in [0, 0.1) is 11.8 Å². The smallest absolute Gasteiger partial charge is 0.231 e. The molecule has 1 aromatic heterocycles. The van der Waals surface area contributed by atoms with E-state index >= 15 is 0 Å². The minimum atomic E-state index is 0.177. The first kappa shape index (κ1) is 17.1. The van der Waals surface area contributed by atoms with Gasteiger partial charge in [-0.15, -0.1) is 11.7 Å². The number of likely N-dealkylation sites (N-methyl/N-ethyl adjacent to an activating group) is 1. The molecule has 4 rings (SSSR count). The summed E-state index contributed by atoms with van der Waals surface area (Å²) in [5, 5.41) is 10.6. The highest BCUT2D eigenvalue weighted by atomic mass is 16.2. The molecule has 3 N–H and O–H groups in total. The first-order valence-electron chi connectivity index (χ1n) is 8.99. The van der Waals surface area contributed by atoms with E-state index in [2.05, 4.69) is 28.4 Å². The molecule has 3 fully saturated rings. The molecule has 3 saturated heterocycles. The van der Waals surface area contributed by atoms with Crippen LogP contribution in [0.25, 0.3) is 0 Å². The van der Waals surface area contributed by atoms with Crippen LogP contribution in [0.2, 0.25) is 0 Å². The first-order chi connectivity index (χ1) is 11.6. The zero-order valence-corrected chi connectivity index (χ0v) is 14.8. The van der Waals surface area contributed by atoms with Crippen molar-refractivity contribution in [1.82, 2.24) is 19.9 Å². The number of aromatic nitrogens is 3. The molecular formula is C17H30N6O+2. The topological polar surface area (TPSA) is 72.1 Å². The average Bonchev–Trinajstić information content (AvgIpc) is 3.02. The van der Waals surface area contributed by atoms with E-state index in [0.29, 0.717) is 18.5 Å². The largest absolute Gasteiger partial charge is 0.344 e. The van der Waals surface area contributed by atoms with Gasteiger partial charge in [0.1, 0.15) is 18.3 Å². The monoisotopic (exact) mass is 334 g/mol. The van der Waals surface area contributed by atoms with Gasteiger partial charge in [-0.3, -0.25) is 4.79 Å². The molecule has 4 atom stereocenters. The van der Waals surface area contributed by atoms with Crippen molar-refractivity contribution >= 4 is 5.91 Å². The number of fused-ring (bicyclic) bond motifs is 3. The second-order valence-electron chi connectivity index (χ2n) is 7.25. The lowest BCUT2D eigenvalue weighted by molar-refractivity contribution is -0.945. The molecule has 132 valence electrons. The number of hydrogen-bond donors (Lipinski definition) is 2. The van der Waals surface area contributed by atoms with Crippen LogP contribution >= 0.6 is 0 Å². The summed E-state index contributed by atoms with van der Waals surface area (Å²) in [6, 6.07) is 0.553. The molecule has 1 unspecified atom stereocenters. The summed E-state index contributed by atoms with van der Waals surface area (Å²) in [5.74, 6) is 0.979. The van der Waals surface area contributed by atoms with Gasteiger partial charge < -0.3 is 15.1 Å². The highest BCUT2D eigenvalue weighted by molar-refractivity contribution is 5.79. The quantitative estimate of drug-likeness (QED) is 0.562. The summed E-state index contributed by atoms with van der Waals surface area (Å²) in [7, 11) is 3.92. The Hall–Kier alpha value is -1.73. The van der Waals surface area contributed by atoms with Gasteiger partial charge in [0.2, 0.25) is 5.91 Å². The zero-order chi connectivity index (χ0) is 17.1. The highest BCUT2D eigenvalue weighted by Crippen LogP contribution is 2.28. The molecule has 7 nitrogen and oxygen atoms in total. The summed E-state index contributed by atoms with van der Waals surface area (Å²) < 4.78 is 1.98. The average molecular weight is 334 g/mol. The Bertz CT molecular complexity index is 585. The summed E-state index contributed by atoms with van der Waals surface area (Å²) in [6.45, 7) is 8.28. The van der Waals surface area contributed by atoms with Crippen LogP contribution in [0.1, 0.15) is 18.5 Å². The summed E-state index contributed by atoms with van der Waals surface area (Å²) >= 11 is 0. The molecule has 4 heterocycles. The van der Waals surface area contributed by atoms with Crippen molar-refractivity contribution in [2.75, 3.05) is 33.7 Å². The minimum Gasteiger partial charge on any atom is -0.344 e. The summed E-state index contributed by atoms with van der Waals surface area (Å²) in [4.78, 5) is 16.0. The van der Waals surface area contributed by atoms with E-state index < -0.39 is 0 Å². The van der Waals surface area contributed by atoms with Crippen LogP contribution in [-0.2, 0) is 17.9 Å². The Kier molecular flexibility index (Phi) is 5.30. The molecule has 0 spiro atoms. The van der Waals surface area contributed by atoms with Crippen molar-refractivity contribution in [2.45, 2.75) is 32.0 Å². The van der Waals surface area contributed by atoms with Crippen LogP contribution in [-0.4, -0.2) is 65.6 Å². The normalized spacial score (nSPS) is 28.8. The molecule has 0 aliphatic carbocycles. The van der Waals surface area contributed by atoms with Crippen LogP contribution < -0.4 is 10.2 Å². The van der Waals surface area contributed by atoms with Crippen LogP contribution in [0.15, 0.2) is 18.9 Å². The predicted molar refractivity (Wildman–Crippen MR) is 90.1 cm³/mol. The molecule has 3 aliphatic heterocycles. The third kappa shape index (κ3) is 3.52. The molecule has 7 heteroatoms. The fourth-order valence-electron chi connectivity index (χ4n) is 4.32. The van der Waals surface area contributed by atoms with Crippen molar-refractivity contribution in [2.24, 2.45) is 11.8 Å². The van der Waals surface area contributed by atoms with Crippen molar-refractivity contribution in [1.29, 1.82) is 0 Å². The Morgan fingerprint density at radius 3 is 3.12 bits per heavy atom. The van der Waals surface area contributed by atoms with E-state index in [9.17, 15) is 4.79 Å². The predicted octanol–water partition coefficient (Wildman–Crippen LogP) is -2.09. The third-order valence-corrected chi connectivity index (χ3v) is 5.56. The van der Waals surface area contributed by atoms with E-state index in [1.807, 2.05) is 23.7 Å².